The molecule has 0 N–H and O–H groups in total. The van der Waals surface area contributed by atoms with Gasteiger partial charge in [-0.1, -0.05) is 133 Å². The first-order chi connectivity index (χ1) is 34.2. The SMILES string of the molecule is O=C([O-])CC/C=C/CC[C@H]1[C@@H](OCc2ccc(-c3ccccc3)cc2)CC(=O)[C@@H]1N1CCOCC1.O=C([O-])CC/C=C/CC[C@H]1[C@@H](OCc2ccc(-c3ccccc3)cc2)CC(=O)[C@@H]1N1CCOCC1.[Ca+2]. The number of carbonyl (C=O) groups excluding carboxylic acids is 4. The molecule has 0 unspecified atom stereocenters. The van der Waals surface area contributed by atoms with Gasteiger partial charge < -0.3 is 38.7 Å². The number of carbonyl (C=O) groups is 4. The average Bonchev–Trinajstić information content (AvgIpc) is 3.89. The van der Waals surface area contributed by atoms with E-state index in [0.29, 0.717) is 65.3 Å². The number of carboxylic acid groups (broad SMARTS) is 2. The molecular formula is C58H68CaN2O10. The van der Waals surface area contributed by atoms with Crippen molar-refractivity contribution in [1.29, 1.82) is 0 Å². The largest absolute Gasteiger partial charge is 2.00 e. The minimum absolute atomic E-state index is 0. The van der Waals surface area contributed by atoms with Crippen molar-refractivity contribution in [2.45, 2.75) is 102 Å². The minimum atomic E-state index is -1.03. The average molecular weight is 993 g/mol. The van der Waals surface area contributed by atoms with Crippen LogP contribution in [-0.4, -0.2) is 148 Å². The maximum absolute atomic E-state index is 13.1. The number of morpholine rings is 2. The van der Waals surface area contributed by atoms with E-state index in [1.807, 2.05) is 60.7 Å². The molecular weight excluding hydrogens is 925 g/mol. The molecule has 0 bridgehead atoms. The summed E-state index contributed by atoms with van der Waals surface area (Å²) in [6.07, 6.45) is 12.7. The fourth-order valence-corrected chi connectivity index (χ4v) is 10.2. The van der Waals surface area contributed by atoms with Gasteiger partial charge in [0, 0.05) is 62.8 Å². The summed E-state index contributed by atoms with van der Waals surface area (Å²) in [5.74, 6) is -1.35. The Labute approximate surface area is 449 Å². The molecule has 4 aromatic rings. The van der Waals surface area contributed by atoms with Crippen molar-refractivity contribution >= 4 is 61.2 Å². The van der Waals surface area contributed by atoms with Crippen LogP contribution >= 0.6 is 0 Å². The molecule has 8 rings (SSSR count). The van der Waals surface area contributed by atoms with Crippen LogP contribution in [-0.2, 0) is 51.3 Å². The molecule has 12 nitrogen and oxygen atoms in total. The van der Waals surface area contributed by atoms with Gasteiger partial charge in [0.05, 0.1) is 63.9 Å². The maximum Gasteiger partial charge on any atom is 2.00 e. The van der Waals surface area contributed by atoms with Crippen molar-refractivity contribution in [3.63, 3.8) is 0 Å². The zero-order chi connectivity index (χ0) is 48.9. The van der Waals surface area contributed by atoms with Gasteiger partial charge in [-0.2, -0.15) is 0 Å². The molecule has 372 valence electrons. The van der Waals surface area contributed by atoms with Gasteiger partial charge in [0.15, 0.2) is 11.6 Å². The third kappa shape index (κ3) is 17.4. The van der Waals surface area contributed by atoms with Crippen LogP contribution in [0, 0.1) is 11.8 Å². The van der Waals surface area contributed by atoms with Crippen LogP contribution in [0.25, 0.3) is 22.3 Å². The van der Waals surface area contributed by atoms with E-state index in [9.17, 15) is 29.4 Å². The fraction of sp³-hybridized carbons (Fsp3) is 0.448. The number of hydrogen-bond acceptors (Lipinski definition) is 12. The number of aliphatic carboxylic acids is 2. The Balaban J connectivity index is 0.000000229. The summed E-state index contributed by atoms with van der Waals surface area (Å²) in [6.45, 7) is 6.62. The predicted molar refractivity (Wildman–Crippen MR) is 270 cm³/mol. The number of nitrogens with zero attached hydrogens (tertiary/aromatic N) is 2. The number of benzene rings is 4. The molecule has 0 radical (unpaired) electrons. The number of ketones is 2. The topological polar surface area (TPSA) is 158 Å². The van der Waals surface area contributed by atoms with Crippen LogP contribution in [0.1, 0.15) is 75.3 Å². The first kappa shape index (κ1) is 56.0. The van der Waals surface area contributed by atoms with Crippen molar-refractivity contribution in [2.75, 3.05) is 52.6 Å². The Morgan fingerprint density at radius 1 is 0.507 bits per heavy atom. The molecule has 2 saturated carbocycles. The van der Waals surface area contributed by atoms with Crippen LogP contribution in [0.2, 0.25) is 0 Å². The molecule has 2 aliphatic heterocycles. The third-order valence-corrected chi connectivity index (χ3v) is 13.9. The molecule has 0 spiro atoms. The molecule has 4 aromatic carbocycles. The smallest absolute Gasteiger partial charge is 0.550 e. The van der Waals surface area contributed by atoms with E-state index in [1.54, 1.807) is 0 Å². The fourth-order valence-electron chi connectivity index (χ4n) is 10.2. The van der Waals surface area contributed by atoms with E-state index >= 15 is 0 Å². The van der Waals surface area contributed by atoms with Crippen molar-refractivity contribution in [3.8, 4) is 22.3 Å². The van der Waals surface area contributed by atoms with Gasteiger partial charge in [0.25, 0.3) is 0 Å². The van der Waals surface area contributed by atoms with E-state index in [2.05, 4.69) is 82.6 Å². The van der Waals surface area contributed by atoms with E-state index < -0.39 is 11.9 Å². The number of Topliss-reactive ketones (excluding diaryl/α,β-unsaturated/α-hetero) is 2. The van der Waals surface area contributed by atoms with Crippen molar-refractivity contribution in [3.05, 3.63) is 145 Å². The van der Waals surface area contributed by atoms with Gasteiger partial charge >= 0.3 is 37.7 Å². The van der Waals surface area contributed by atoms with E-state index in [4.69, 9.17) is 18.9 Å². The number of allylic oxidation sites excluding steroid dienone is 4. The van der Waals surface area contributed by atoms with E-state index in [1.165, 1.54) is 22.3 Å². The van der Waals surface area contributed by atoms with Gasteiger partial charge in [-0.3, -0.25) is 19.4 Å². The molecule has 0 aromatic heterocycles. The second-order valence-electron chi connectivity index (χ2n) is 18.6. The summed E-state index contributed by atoms with van der Waals surface area (Å²) < 4.78 is 23.7. The Bertz CT molecular complexity index is 2130. The Morgan fingerprint density at radius 2 is 0.845 bits per heavy atom. The van der Waals surface area contributed by atoms with Crippen molar-refractivity contribution in [2.24, 2.45) is 11.8 Å². The van der Waals surface area contributed by atoms with Crippen molar-refractivity contribution < 1.29 is 48.3 Å². The van der Waals surface area contributed by atoms with Gasteiger partial charge in [-0.05, 0) is 84.7 Å². The first-order valence-corrected chi connectivity index (χ1v) is 25.1. The van der Waals surface area contributed by atoms with Crippen LogP contribution in [0.3, 0.4) is 0 Å². The van der Waals surface area contributed by atoms with E-state index in [-0.39, 0.29) is 98.3 Å². The summed E-state index contributed by atoms with van der Waals surface area (Å²) in [5.41, 5.74) is 6.88. The van der Waals surface area contributed by atoms with Gasteiger partial charge in [0.1, 0.15) is 0 Å². The van der Waals surface area contributed by atoms with E-state index in [0.717, 1.165) is 63.0 Å². The van der Waals surface area contributed by atoms with Crippen LogP contribution in [0.5, 0.6) is 0 Å². The number of carboxylic acids is 2. The van der Waals surface area contributed by atoms with Crippen LogP contribution in [0.15, 0.2) is 133 Å². The summed E-state index contributed by atoms with van der Waals surface area (Å²) >= 11 is 0. The number of rotatable bonds is 22. The molecule has 2 aliphatic carbocycles. The zero-order valence-corrected chi connectivity index (χ0v) is 43.2. The summed E-state index contributed by atoms with van der Waals surface area (Å²) in [4.78, 5) is 51.9. The normalized spacial score (nSPS) is 22.9. The molecule has 13 heteroatoms. The molecule has 6 atom stereocenters. The van der Waals surface area contributed by atoms with Gasteiger partial charge in [0.2, 0.25) is 0 Å². The quantitative estimate of drug-likeness (QED) is 0.0631. The second kappa shape index (κ2) is 30.0. The molecule has 71 heavy (non-hydrogen) atoms. The van der Waals surface area contributed by atoms with Crippen molar-refractivity contribution in [1.82, 2.24) is 9.80 Å². The monoisotopic (exact) mass is 992 g/mol. The Hall–Kier alpha value is -4.34. The predicted octanol–water partition coefficient (Wildman–Crippen LogP) is 6.41. The summed E-state index contributed by atoms with van der Waals surface area (Å²) in [6, 6.07) is 37.1. The molecule has 4 fully saturated rings. The number of hydrogen-bond donors (Lipinski definition) is 0. The van der Waals surface area contributed by atoms with Gasteiger partial charge in [-0.15, -0.1) is 0 Å². The van der Waals surface area contributed by atoms with Crippen LogP contribution in [0.4, 0.5) is 0 Å². The zero-order valence-electron chi connectivity index (χ0n) is 41.0. The van der Waals surface area contributed by atoms with Crippen LogP contribution < -0.4 is 10.2 Å². The third-order valence-electron chi connectivity index (χ3n) is 13.9. The molecule has 2 heterocycles. The summed E-state index contributed by atoms with van der Waals surface area (Å²) in [7, 11) is 0. The Morgan fingerprint density at radius 3 is 1.20 bits per heavy atom. The summed E-state index contributed by atoms with van der Waals surface area (Å²) in [5, 5.41) is 21.2. The molecule has 0 amide bonds. The standard InChI is InChI=1S/2C29H35NO5.Ca/c2*31-26-20-27(35-21-22-12-14-24(15-13-22)23-8-4-3-5-9-23)25(10-6-1-2-7-11-28(32)33)29(26)30-16-18-34-19-17-30;/h2*1-5,8-9,12-15,25,27,29H,6-7,10-11,16-21H2,(H,32,33);/q;;+2/p-2/b2*2-1+;/t2*25-,27-,29+;/m00./s1. The second-order valence-corrected chi connectivity index (χ2v) is 18.6. The maximum atomic E-state index is 13.1. The molecule has 4 aliphatic rings. The number of ether oxygens (including phenoxy) is 4. The minimum Gasteiger partial charge on any atom is -0.550 e. The molecule has 2 saturated heterocycles. The van der Waals surface area contributed by atoms with Gasteiger partial charge in [-0.25, -0.2) is 0 Å². The first-order valence-electron chi connectivity index (χ1n) is 25.1. The Kier molecular flexibility index (Phi) is 23.6.